The van der Waals surface area contributed by atoms with Crippen LogP contribution < -0.4 is 4.90 Å². The molecule has 1 aromatic rings. The van der Waals surface area contributed by atoms with E-state index in [2.05, 4.69) is 33.8 Å². The van der Waals surface area contributed by atoms with E-state index in [9.17, 15) is 4.79 Å². The van der Waals surface area contributed by atoms with Gasteiger partial charge in [-0.1, -0.05) is 46.9 Å². The van der Waals surface area contributed by atoms with Gasteiger partial charge in [0.2, 0.25) is 0 Å². The van der Waals surface area contributed by atoms with Crippen molar-refractivity contribution in [2.45, 2.75) is 31.7 Å². The van der Waals surface area contributed by atoms with Crippen molar-refractivity contribution < 1.29 is 4.79 Å². The molecular weight excluding hydrogens is 241 g/mol. The Kier molecular flexibility index (Phi) is 4.19. The summed E-state index contributed by atoms with van der Waals surface area (Å²) in [7, 11) is 4.37. The van der Waals surface area contributed by atoms with Gasteiger partial charge in [-0.05, 0) is 18.9 Å². The van der Waals surface area contributed by atoms with Gasteiger partial charge in [0, 0.05) is 29.9 Å². The molecule has 1 aromatic carbocycles. The van der Waals surface area contributed by atoms with E-state index < -0.39 is 0 Å². The standard InChI is InChI=1S/C15H20NOP/c1-3-12-13(15(17)18)9-6-10-14(12)16(2)11-7-4-5-8-11/h3,6,9-11H,1,4-5,7-8,18H2,2H3. The fourth-order valence-corrected chi connectivity index (χ4v) is 3.03. The van der Waals surface area contributed by atoms with Gasteiger partial charge in [-0.2, -0.15) is 0 Å². The Labute approximate surface area is 111 Å². The summed E-state index contributed by atoms with van der Waals surface area (Å²) in [5, 5.41) is 0. The van der Waals surface area contributed by atoms with Crippen LogP contribution in [0.3, 0.4) is 0 Å². The van der Waals surface area contributed by atoms with Crippen molar-refractivity contribution in [1.82, 2.24) is 0 Å². The predicted octanol–water partition coefficient (Wildman–Crippen LogP) is 3.72. The number of carbonyl (C=O) groups is 1. The Bertz CT molecular complexity index is 464. The lowest BCUT2D eigenvalue weighted by Crippen LogP contribution is -2.29. The first-order valence-electron chi connectivity index (χ1n) is 6.43. The van der Waals surface area contributed by atoms with Crippen LogP contribution in [-0.2, 0) is 0 Å². The van der Waals surface area contributed by atoms with E-state index in [0.717, 1.165) is 16.8 Å². The minimum atomic E-state index is 0.0200. The molecule has 1 saturated carbocycles. The summed E-state index contributed by atoms with van der Waals surface area (Å²) in [6.45, 7) is 3.86. The number of rotatable bonds is 4. The molecule has 18 heavy (non-hydrogen) atoms. The second-order valence-electron chi connectivity index (χ2n) is 4.86. The van der Waals surface area contributed by atoms with Crippen molar-refractivity contribution >= 4 is 26.5 Å². The van der Waals surface area contributed by atoms with Crippen molar-refractivity contribution in [3.8, 4) is 0 Å². The molecule has 1 atom stereocenters. The summed E-state index contributed by atoms with van der Waals surface area (Å²) in [6.07, 6.45) is 6.89. The fourth-order valence-electron chi connectivity index (χ4n) is 2.78. The van der Waals surface area contributed by atoms with Crippen LogP contribution in [0.1, 0.15) is 41.6 Å². The number of benzene rings is 1. The lowest BCUT2D eigenvalue weighted by molar-refractivity contribution is 0.108. The minimum absolute atomic E-state index is 0.0200. The summed E-state index contributed by atoms with van der Waals surface area (Å²) in [4.78, 5) is 13.9. The molecule has 0 spiro atoms. The van der Waals surface area contributed by atoms with Gasteiger partial charge in [-0.25, -0.2) is 0 Å². The zero-order valence-electron chi connectivity index (χ0n) is 10.9. The maximum absolute atomic E-state index is 11.6. The van der Waals surface area contributed by atoms with Gasteiger partial charge in [0.15, 0.2) is 5.52 Å². The third-order valence-electron chi connectivity index (χ3n) is 3.81. The molecule has 0 heterocycles. The van der Waals surface area contributed by atoms with E-state index >= 15 is 0 Å². The Morgan fingerprint density at radius 1 is 1.44 bits per heavy atom. The van der Waals surface area contributed by atoms with E-state index in [4.69, 9.17) is 0 Å². The highest BCUT2D eigenvalue weighted by atomic mass is 31.0. The van der Waals surface area contributed by atoms with Gasteiger partial charge >= 0.3 is 0 Å². The van der Waals surface area contributed by atoms with E-state index in [1.165, 1.54) is 25.7 Å². The monoisotopic (exact) mass is 261 g/mol. The number of anilines is 1. The first-order valence-corrected chi connectivity index (χ1v) is 7.01. The molecule has 0 amide bonds. The normalized spacial score (nSPS) is 15.7. The maximum Gasteiger partial charge on any atom is 0.178 e. The van der Waals surface area contributed by atoms with Crippen LogP contribution in [0, 0.1) is 0 Å². The smallest absolute Gasteiger partial charge is 0.178 e. The fraction of sp³-hybridized carbons (Fsp3) is 0.400. The molecule has 2 rings (SSSR count). The van der Waals surface area contributed by atoms with E-state index in [1.807, 2.05) is 12.1 Å². The molecule has 96 valence electrons. The molecule has 1 unspecified atom stereocenters. The average Bonchev–Trinajstić information content (AvgIpc) is 2.90. The number of hydrogen-bond donors (Lipinski definition) is 0. The van der Waals surface area contributed by atoms with Crippen LogP contribution in [0.2, 0.25) is 0 Å². The largest absolute Gasteiger partial charge is 0.371 e. The molecule has 1 aliphatic rings. The lowest BCUT2D eigenvalue weighted by Gasteiger charge is -2.28. The van der Waals surface area contributed by atoms with Crippen molar-refractivity contribution in [2.24, 2.45) is 0 Å². The topological polar surface area (TPSA) is 20.3 Å². The van der Waals surface area contributed by atoms with Crippen molar-refractivity contribution in [3.63, 3.8) is 0 Å². The molecule has 3 heteroatoms. The first-order chi connectivity index (χ1) is 8.65. The van der Waals surface area contributed by atoms with Gasteiger partial charge in [0.05, 0.1) is 0 Å². The summed E-state index contributed by atoms with van der Waals surface area (Å²) in [5.74, 6) is 0. The second kappa shape index (κ2) is 5.67. The average molecular weight is 261 g/mol. The number of carbonyl (C=O) groups excluding carboxylic acids is 1. The van der Waals surface area contributed by atoms with E-state index in [-0.39, 0.29) is 5.52 Å². The van der Waals surface area contributed by atoms with Gasteiger partial charge in [-0.15, -0.1) is 0 Å². The lowest BCUT2D eigenvalue weighted by atomic mass is 10.0. The van der Waals surface area contributed by atoms with Gasteiger partial charge in [-0.3, -0.25) is 4.79 Å². The van der Waals surface area contributed by atoms with Gasteiger partial charge in [0.1, 0.15) is 0 Å². The summed E-state index contributed by atoms with van der Waals surface area (Å²) < 4.78 is 0. The molecule has 0 bridgehead atoms. The molecule has 0 aromatic heterocycles. The zero-order chi connectivity index (χ0) is 13.1. The second-order valence-corrected chi connectivity index (χ2v) is 5.38. The number of nitrogens with zero attached hydrogens (tertiary/aromatic N) is 1. The van der Waals surface area contributed by atoms with Crippen molar-refractivity contribution in [1.29, 1.82) is 0 Å². The molecular formula is C15H20NOP. The van der Waals surface area contributed by atoms with Crippen LogP contribution in [0.15, 0.2) is 24.8 Å². The molecule has 1 aliphatic carbocycles. The van der Waals surface area contributed by atoms with E-state index in [0.29, 0.717) is 6.04 Å². The van der Waals surface area contributed by atoms with Crippen molar-refractivity contribution in [3.05, 3.63) is 35.9 Å². The summed E-state index contributed by atoms with van der Waals surface area (Å²) >= 11 is 0. The zero-order valence-corrected chi connectivity index (χ0v) is 12.0. The van der Waals surface area contributed by atoms with Crippen LogP contribution in [0.5, 0.6) is 0 Å². The summed E-state index contributed by atoms with van der Waals surface area (Å²) in [6, 6.07) is 6.48. The molecule has 0 N–H and O–H groups in total. The number of hydrogen-bond acceptors (Lipinski definition) is 2. The summed E-state index contributed by atoms with van der Waals surface area (Å²) in [5.41, 5.74) is 2.82. The van der Waals surface area contributed by atoms with Crippen molar-refractivity contribution in [2.75, 3.05) is 11.9 Å². The quantitative estimate of drug-likeness (QED) is 0.770. The Balaban J connectivity index is 2.40. The predicted molar refractivity (Wildman–Crippen MR) is 81.2 cm³/mol. The highest BCUT2D eigenvalue weighted by Crippen LogP contribution is 2.31. The first kappa shape index (κ1) is 13.3. The van der Waals surface area contributed by atoms with Crippen LogP contribution >= 0.6 is 9.24 Å². The molecule has 0 radical (unpaired) electrons. The van der Waals surface area contributed by atoms with Gasteiger partial charge < -0.3 is 4.90 Å². The van der Waals surface area contributed by atoms with Crippen LogP contribution in [-0.4, -0.2) is 18.6 Å². The Hall–Kier alpha value is -1.14. The Morgan fingerprint density at radius 2 is 2.11 bits per heavy atom. The third kappa shape index (κ3) is 2.49. The highest BCUT2D eigenvalue weighted by Gasteiger charge is 2.22. The van der Waals surface area contributed by atoms with Gasteiger partial charge in [0.25, 0.3) is 0 Å². The van der Waals surface area contributed by atoms with E-state index in [1.54, 1.807) is 6.08 Å². The van der Waals surface area contributed by atoms with Crippen LogP contribution in [0.4, 0.5) is 5.69 Å². The minimum Gasteiger partial charge on any atom is -0.371 e. The SMILES string of the molecule is C=Cc1c(C(=O)P)cccc1N(C)C1CCCC1. The maximum atomic E-state index is 11.6. The Morgan fingerprint density at radius 3 is 2.67 bits per heavy atom. The third-order valence-corrected chi connectivity index (χ3v) is 4.12. The molecule has 2 nitrogen and oxygen atoms in total. The molecule has 1 fully saturated rings. The highest BCUT2D eigenvalue weighted by molar-refractivity contribution is 7.41. The molecule has 0 aliphatic heterocycles. The molecule has 0 saturated heterocycles. The van der Waals surface area contributed by atoms with Crippen LogP contribution in [0.25, 0.3) is 6.08 Å².